The fraction of sp³-hybridized carbons (Fsp3) is 0.267. The zero-order valence-corrected chi connectivity index (χ0v) is 12.7. The molecule has 5 nitrogen and oxygen atoms in total. The van der Waals surface area contributed by atoms with Gasteiger partial charge < -0.3 is 5.32 Å². The lowest BCUT2D eigenvalue weighted by Crippen LogP contribution is -2.05. The van der Waals surface area contributed by atoms with Crippen LogP contribution >= 0.6 is 11.8 Å². The molecule has 0 aliphatic carbocycles. The number of hydrogen-bond acceptors (Lipinski definition) is 5. The number of nitro benzene ring substituents is 1. The zero-order chi connectivity index (χ0) is 15.2. The van der Waals surface area contributed by atoms with Crippen LogP contribution in [0.1, 0.15) is 5.69 Å². The highest BCUT2D eigenvalue weighted by atomic mass is 32.2. The van der Waals surface area contributed by atoms with Crippen molar-refractivity contribution in [2.45, 2.75) is 6.92 Å². The number of rotatable bonds is 7. The number of aromatic nitrogens is 1. The van der Waals surface area contributed by atoms with Crippen molar-refractivity contribution >= 4 is 34.0 Å². The normalized spacial score (nSPS) is 10.5. The second kappa shape index (κ2) is 7.08. The van der Waals surface area contributed by atoms with Gasteiger partial charge in [-0.1, -0.05) is 6.08 Å². The van der Waals surface area contributed by atoms with Gasteiger partial charge in [0.1, 0.15) is 0 Å². The monoisotopic (exact) mass is 303 g/mol. The molecule has 0 saturated heterocycles. The number of hydrogen-bond donors (Lipinski definition) is 1. The van der Waals surface area contributed by atoms with Crippen LogP contribution in [0.3, 0.4) is 0 Å². The van der Waals surface area contributed by atoms with Gasteiger partial charge in [-0.15, -0.1) is 6.58 Å². The van der Waals surface area contributed by atoms with Crippen molar-refractivity contribution in [3.05, 3.63) is 52.7 Å². The second-order valence-corrected chi connectivity index (χ2v) is 5.71. The van der Waals surface area contributed by atoms with E-state index in [0.717, 1.165) is 40.3 Å². The molecule has 0 aliphatic heterocycles. The van der Waals surface area contributed by atoms with E-state index in [-0.39, 0.29) is 10.6 Å². The Morgan fingerprint density at radius 2 is 2.29 bits per heavy atom. The molecule has 0 unspecified atom stereocenters. The molecule has 0 radical (unpaired) electrons. The van der Waals surface area contributed by atoms with E-state index >= 15 is 0 Å². The summed E-state index contributed by atoms with van der Waals surface area (Å²) in [6.45, 7) is 6.39. The second-order valence-electron chi connectivity index (χ2n) is 4.56. The predicted molar refractivity (Wildman–Crippen MR) is 89.1 cm³/mol. The Hall–Kier alpha value is -2.08. The number of nitrogens with zero attached hydrogens (tertiary/aromatic N) is 2. The van der Waals surface area contributed by atoms with E-state index in [9.17, 15) is 10.1 Å². The van der Waals surface area contributed by atoms with Crippen LogP contribution in [0.5, 0.6) is 0 Å². The molecule has 0 saturated carbocycles. The summed E-state index contributed by atoms with van der Waals surface area (Å²) in [6.07, 6.45) is 1.88. The summed E-state index contributed by atoms with van der Waals surface area (Å²) in [6, 6.07) is 6.67. The lowest BCUT2D eigenvalue weighted by molar-refractivity contribution is -0.384. The largest absolute Gasteiger partial charge is 0.384 e. The van der Waals surface area contributed by atoms with Gasteiger partial charge in [0.05, 0.1) is 10.4 Å². The summed E-state index contributed by atoms with van der Waals surface area (Å²) in [5.74, 6) is 1.87. The van der Waals surface area contributed by atoms with Crippen LogP contribution < -0.4 is 5.32 Å². The van der Waals surface area contributed by atoms with Crippen molar-refractivity contribution in [1.29, 1.82) is 0 Å². The molecule has 0 fully saturated rings. The maximum atomic E-state index is 10.9. The third-order valence-corrected chi connectivity index (χ3v) is 3.89. The number of benzene rings is 1. The Bertz CT molecular complexity index is 673. The topological polar surface area (TPSA) is 68.1 Å². The summed E-state index contributed by atoms with van der Waals surface area (Å²) in [5, 5.41) is 15.0. The Kier molecular flexibility index (Phi) is 5.16. The summed E-state index contributed by atoms with van der Waals surface area (Å²) in [4.78, 5) is 14.9. The van der Waals surface area contributed by atoms with Crippen molar-refractivity contribution in [3.8, 4) is 0 Å². The highest BCUT2D eigenvalue weighted by Gasteiger charge is 2.10. The van der Waals surface area contributed by atoms with E-state index in [2.05, 4.69) is 16.9 Å². The molecule has 0 amide bonds. The first-order valence-electron chi connectivity index (χ1n) is 6.60. The summed E-state index contributed by atoms with van der Waals surface area (Å²) < 4.78 is 0. The van der Waals surface area contributed by atoms with Gasteiger partial charge in [0.15, 0.2) is 0 Å². The lowest BCUT2D eigenvalue weighted by Gasteiger charge is -2.10. The molecule has 1 N–H and O–H groups in total. The molecular formula is C15H17N3O2S. The van der Waals surface area contributed by atoms with Crippen molar-refractivity contribution in [2.24, 2.45) is 0 Å². The van der Waals surface area contributed by atoms with Crippen LogP contribution in [-0.2, 0) is 0 Å². The minimum absolute atomic E-state index is 0.0808. The number of anilines is 1. The van der Waals surface area contributed by atoms with Gasteiger partial charge in [-0.2, -0.15) is 11.8 Å². The van der Waals surface area contributed by atoms with E-state index in [4.69, 9.17) is 0 Å². The molecule has 1 aromatic heterocycles. The summed E-state index contributed by atoms with van der Waals surface area (Å²) in [5.41, 5.74) is 2.62. The lowest BCUT2D eigenvalue weighted by atomic mass is 10.1. The molecule has 1 aromatic carbocycles. The molecule has 2 rings (SSSR count). The highest BCUT2D eigenvalue weighted by Crippen LogP contribution is 2.27. The summed E-state index contributed by atoms with van der Waals surface area (Å²) >= 11 is 1.79. The van der Waals surface area contributed by atoms with Gasteiger partial charge in [-0.25, -0.2) is 0 Å². The fourth-order valence-corrected chi connectivity index (χ4v) is 2.61. The van der Waals surface area contributed by atoms with Gasteiger partial charge in [0, 0.05) is 47.0 Å². The Morgan fingerprint density at radius 3 is 3.00 bits per heavy atom. The van der Waals surface area contributed by atoms with Crippen LogP contribution in [0.15, 0.2) is 36.9 Å². The van der Waals surface area contributed by atoms with E-state index in [1.807, 2.05) is 19.1 Å². The zero-order valence-electron chi connectivity index (χ0n) is 11.8. The third-order valence-electron chi connectivity index (χ3n) is 2.93. The first-order valence-corrected chi connectivity index (χ1v) is 7.75. The summed E-state index contributed by atoms with van der Waals surface area (Å²) in [7, 11) is 0. The first kappa shape index (κ1) is 15.3. The molecule has 2 aromatic rings. The number of nitro groups is 1. The molecule has 0 bridgehead atoms. The molecular weight excluding hydrogens is 286 g/mol. The van der Waals surface area contributed by atoms with E-state index in [1.165, 1.54) is 6.07 Å². The highest BCUT2D eigenvalue weighted by molar-refractivity contribution is 7.99. The van der Waals surface area contributed by atoms with Gasteiger partial charge in [-0.05, 0) is 19.1 Å². The van der Waals surface area contributed by atoms with Crippen molar-refractivity contribution < 1.29 is 4.92 Å². The number of non-ortho nitro benzene ring substituents is 1. The van der Waals surface area contributed by atoms with Crippen LogP contribution in [0.4, 0.5) is 11.4 Å². The van der Waals surface area contributed by atoms with Crippen molar-refractivity contribution in [2.75, 3.05) is 23.4 Å². The molecule has 0 aliphatic rings. The van der Waals surface area contributed by atoms with Gasteiger partial charge in [0.2, 0.25) is 0 Å². The molecule has 21 heavy (non-hydrogen) atoms. The van der Waals surface area contributed by atoms with Crippen LogP contribution in [0.25, 0.3) is 10.9 Å². The number of pyridine rings is 1. The standard InChI is InChI=1S/C15H17N3O2S/c1-3-7-21-8-6-16-15-9-11(2)17-14-5-4-12(18(19)20)10-13(14)15/h3-5,9-10H,1,6-8H2,2H3,(H,16,17). The first-order chi connectivity index (χ1) is 10.1. The average molecular weight is 303 g/mol. The van der Waals surface area contributed by atoms with Gasteiger partial charge in [-0.3, -0.25) is 15.1 Å². The molecule has 110 valence electrons. The Balaban J connectivity index is 2.25. The van der Waals surface area contributed by atoms with Crippen LogP contribution in [0.2, 0.25) is 0 Å². The third kappa shape index (κ3) is 3.95. The minimum Gasteiger partial charge on any atom is -0.384 e. The smallest absolute Gasteiger partial charge is 0.270 e. The molecule has 1 heterocycles. The SMILES string of the molecule is C=CCSCCNc1cc(C)nc2ccc([N+](=O)[O-])cc12. The molecule has 0 spiro atoms. The quantitative estimate of drug-likeness (QED) is 0.365. The van der Waals surface area contributed by atoms with E-state index in [0.29, 0.717) is 0 Å². The number of aryl methyl sites for hydroxylation is 1. The van der Waals surface area contributed by atoms with Gasteiger partial charge >= 0.3 is 0 Å². The van der Waals surface area contributed by atoms with Gasteiger partial charge in [0.25, 0.3) is 5.69 Å². The Morgan fingerprint density at radius 1 is 1.48 bits per heavy atom. The predicted octanol–water partition coefficient (Wildman–Crippen LogP) is 3.78. The number of fused-ring (bicyclic) bond motifs is 1. The number of thioether (sulfide) groups is 1. The maximum absolute atomic E-state index is 10.9. The van der Waals surface area contributed by atoms with E-state index in [1.54, 1.807) is 23.9 Å². The van der Waals surface area contributed by atoms with Crippen molar-refractivity contribution in [3.63, 3.8) is 0 Å². The number of nitrogens with one attached hydrogen (secondary N) is 1. The average Bonchev–Trinajstić information content (AvgIpc) is 2.46. The van der Waals surface area contributed by atoms with Crippen molar-refractivity contribution in [1.82, 2.24) is 4.98 Å². The van der Waals surface area contributed by atoms with Crippen LogP contribution in [-0.4, -0.2) is 28.0 Å². The van der Waals surface area contributed by atoms with Crippen LogP contribution in [0, 0.1) is 17.0 Å². The Labute approximate surface area is 127 Å². The maximum Gasteiger partial charge on any atom is 0.270 e. The fourth-order valence-electron chi connectivity index (χ4n) is 2.03. The minimum atomic E-state index is -0.386. The molecule has 0 atom stereocenters. The van der Waals surface area contributed by atoms with E-state index < -0.39 is 0 Å². The molecule has 6 heteroatoms.